The lowest BCUT2D eigenvalue weighted by Gasteiger charge is -2.27. The molecular weight excluding hydrogens is 290 g/mol. The average molecular weight is 321 g/mol. The van der Waals surface area contributed by atoms with Crippen molar-refractivity contribution in [1.82, 2.24) is 5.32 Å². The molecule has 0 bridgehead atoms. The lowest BCUT2D eigenvalue weighted by Crippen LogP contribution is -2.46. The van der Waals surface area contributed by atoms with Crippen LogP contribution >= 0.6 is 0 Å². The minimum Gasteiger partial charge on any atom is -0.466 e. The number of carbonyl (C=O) groups excluding carboxylic acids is 2. The highest BCUT2D eigenvalue weighted by atomic mass is 16.5. The Balaban J connectivity index is 0. The minimum absolute atomic E-state index is 0.0614. The highest BCUT2D eigenvalue weighted by Crippen LogP contribution is 2.19. The third-order valence-electron chi connectivity index (χ3n) is 2.74. The lowest BCUT2D eigenvalue weighted by molar-refractivity contribution is -0.143. The van der Waals surface area contributed by atoms with Gasteiger partial charge in [-0.2, -0.15) is 0 Å². The highest BCUT2D eigenvalue weighted by molar-refractivity contribution is 5.81. The first kappa shape index (κ1) is 23.1. The zero-order valence-corrected chi connectivity index (χ0v) is 14.3. The highest BCUT2D eigenvalue weighted by Gasteiger charge is 2.32. The molecule has 0 aromatic heterocycles. The summed E-state index contributed by atoms with van der Waals surface area (Å²) >= 11 is 0. The molecule has 0 heterocycles. The van der Waals surface area contributed by atoms with Crippen molar-refractivity contribution >= 4 is 11.9 Å². The molecule has 1 amide bonds. The zero-order chi connectivity index (χ0) is 17.6. The topological polar surface area (TPSA) is 105 Å². The molecule has 7 heteroatoms. The van der Waals surface area contributed by atoms with Gasteiger partial charge in [-0.3, -0.25) is 9.59 Å². The second-order valence-electron chi connectivity index (χ2n) is 5.18. The zero-order valence-electron chi connectivity index (χ0n) is 14.3. The number of hydrogen-bond acceptors (Lipinski definition) is 6. The minimum atomic E-state index is -1.31. The molecule has 3 N–H and O–H groups in total. The van der Waals surface area contributed by atoms with Crippen LogP contribution in [0.2, 0.25) is 0 Å². The molecule has 132 valence electrons. The van der Waals surface area contributed by atoms with Crippen LogP contribution in [0.15, 0.2) is 0 Å². The maximum Gasteiger partial charge on any atom is 0.307 e. The Kier molecular flexibility index (Phi) is 14.1. The van der Waals surface area contributed by atoms with Crippen molar-refractivity contribution in [3.8, 4) is 0 Å². The standard InChI is InChI=1S/C11H21NO5.C4H10O/c1-4-17-8(14)5-6-12-10(16)9(15)11(2,3)7-13;1-3-5-4-2/h9,13,15H,4-7H2,1-3H3,(H,12,16);3-4H2,1-2H3/t9-;/m0./s1. The summed E-state index contributed by atoms with van der Waals surface area (Å²) < 4.78 is 9.51. The third kappa shape index (κ3) is 11.5. The first-order chi connectivity index (χ1) is 10.3. The number of aliphatic hydroxyl groups is 2. The van der Waals surface area contributed by atoms with Gasteiger partial charge in [0.15, 0.2) is 0 Å². The number of nitrogens with one attached hydrogen (secondary N) is 1. The van der Waals surface area contributed by atoms with E-state index < -0.39 is 23.4 Å². The van der Waals surface area contributed by atoms with E-state index in [1.807, 2.05) is 13.8 Å². The molecule has 0 rings (SSSR count). The molecule has 0 unspecified atom stereocenters. The van der Waals surface area contributed by atoms with Crippen LogP contribution in [-0.2, 0) is 19.1 Å². The van der Waals surface area contributed by atoms with Crippen LogP contribution in [0.5, 0.6) is 0 Å². The van der Waals surface area contributed by atoms with Crippen LogP contribution in [-0.4, -0.2) is 61.2 Å². The fraction of sp³-hybridized carbons (Fsp3) is 0.867. The van der Waals surface area contributed by atoms with E-state index in [9.17, 15) is 14.7 Å². The number of aliphatic hydroxyl groups excluding tert-OH is 2. The van der Waals surface area contributed by atoms with E-state index in [-0.39, 0.29) is 19.6 Å². The summed E-state index contributed by atoms with van der Waals surface area (Å²) in [5, 5.41) is 21.0. The Morgan fingerprint density at radius 2 is 1.68 bits per heavy atom. The van der Waals surface area contributed by atoms with Gasteiger partial charge in [-0.25, -0.2) is 0 Å². The fourth-order valence-electron chi connectivity index (χ4n) is 1.26. The van der Waals surface area contributed by atoms with Crippen molar-refractivity contribution in [2.75, 3.05) is 33.0 Å². The molecule has 0 spiro atoms. The van der Waals surface area contributed by atoms with Crippen molar-refractivity contribution < 1.29 is 29.3 Å². The van der Waals surface area contributed by atoms with E-state index in [4.69, 9.17) is 9.84 Å². The molecule has 1 atom stereocenters. The Morgan fingerprint density at radius 1 is 1.14 bits per heavy atom. The summed E-state index contributed by atoms with van der Waals surface area (Å²) in [5.74, 6) is -1.00. The maximum absolute atomic E-state index is 11.5. The number of rotatable bonds is 9. The molecule has 0 radical (unpaired) electrons. The van der Waals surface area contributed by atoms with Gasteiger partial charge in [0.2, 0.25) is 5.91 Å². The maximum atomic E-state index is 11.5. The monoisotopic (exact) mass is 321 g/mol. The van der Waals surface area contributed by atoms with E-state index in [0.717, 1.165) is 13.2 Å². The largest absolute Gasteiger partial charge is 0.466 e. The summed E-state index contributed by atoms with van der Waals surface area (Å²) in [4.78, 5) is 22.4. The molecule has 0 fully saturated rings. The quantitative estimate of drug-likeness (QED) is 0.533. The fourth-order valence-corrected chi connectivity index (χ4v) is 1.26. The van der Waals surface area contributed by atoms with Gasteiger partial charge < -0.3 is 25.0 Å². The molecule has 7 nitrogen and oxygen atoms in total. The van der Waals surface area contributed by atoms with E-state index >= 15 is 0 Å². The molecule has 0 aliphatic rings. The number of carbonyl (C=O) groups is 2. The van der Waals surface area contributed by atoms with Gasteiger partial charge in [0.05, 0.1) is 19.6 Å². The molecule has 0 aliphatic heterocycles. The first-order valence-corrected chi connectivity index (χ1v) is 7.56. The van der Waals surface area contributed by atoms with Crippen LogP contribution in [0.4, 0.5) is 0 Å². The number of esters is 1. The summed E-state index contributed by atoms with van der Waals surface area (Å²) in [5.41, 5.74) is -0.909. The summed E-state index contributed by atoms with van der Waals surface area (Å²) in [7, 11) is 0. The van der Waals surface area contributed by atoms with Crippen LogP contribution in [0, 0.1) is 5.41 Å². The van der Waals surface area contributed by atoms with Gasteiger partial charge in [-0.05, 0) is 20.8 Å². The second-order valence-corrected chi connectivity index (χ2v) is 5.18. The van der Waals surface area contributed by atoms with E-state index in [2.05, 4.69) is 10.1 Å². The summed E-state index contributed by atoms with van der Waals surface area (Å²) in [6.07, 6.45) is -1.25. The third-order valence-corrected chi connectivity index (χ3v) is 2.74. The molecule has 22 heavy (non-hydrogen) atoms. The van der Waals surface area contributed by atoms with E-state index in [0.29, 0.717) is 6.61 Å². The molecule has 0 saturated heterocycles. The lowest BCUT2D eigenvalue weighted by atomic mass is 9.87. The van der Waals surface area contributed by atoms with Gasteiger partial charge >= 0.3 is 5.97 Å². The molecule has 0 aliphatic carbocycles. The Morgan fingerprint density at radius 3 is 2.05 bits per heavy atom. The number of ether oxygens (including phenoxy) is 2. The molecule has 0 saturated carbocycles. The van der Waals surface area contributed by atoms with Gasteiger partial charge in [0.1, 0.15) is 6.10 Å². The van der Waals surface area contributed by atoms with Crippen LogP contribution in [0.3, 0.4) is 0 Å². The first-order valence-electron chi connectivity index (χ1n) is 7.56. The predicted octanol–water partition coefficient (Wildman–Crippen LogP) is 0.478. The Hall–Kier alpha value is -1.18. The Bertz CT molecular complexity index is 304. The van der Waals surface area contributed by atoms with Gasteiger partial charge in [0, 0.05) is 25.2 Å². The van der Waals surface area contributed by atoms with Crippen molar-refractivity contribution in [3.63, 3.8) is 0 Å². The summed E-state index contributed by atoms with van der Waals surface area (Å²) in [6.45, 7) is 10.6. The van der Waals surface area contributed by atoms with Gasteiger partial charge in [-0.15, -0.1) is 0 Å². The van der Waals surface area contributed by atoms with Gasteiger partial charge in [0.25, 0.3) is 0 Å². The Labute approximate surface area is 133 Å². The van der Waals surface area contributed by atoms with Gasteiger partial charge in [-0.1, -0.05) is 13.8 Å². The molecule has 0 aromatic rings. The van der Waals surface area contributed by atoms with Crippen LogP contribution < -0.4 is 5.32 Å². The SMILES string of the molecule is CCOC(=O)CCNC(=O)[C@H](O)C(C)(C)CO.CCOCC. The van der Waals surface area contributed by atoms with Crippen LogP contribution in [0.1, 0.15) is 41.0 Å². The average Bonchev–Trinajstić information content (AvgIpc) is 2.48. The van der Waals surface area contributed by atoms with Crippen molar-refractivity contribution in [3.05, 3.63) is 0 Å². The number of amides is 1. The van der Waals surface area contributed by atoms with Crippen molar-refractivity contribution in [2.24, 2.45) is 5.41 Å². The number of hydrogen-bond donors (Lipinski definition) is 3. The second kappa shape index (κ2) is 13.5. The molecular formula is C15H31NO6. The van der Waals surface area contributed by atoms with Crippen molar-refractivity contribution in [1.29, 1.82) is 0 Å². The van der Waals surface area contributed by atoms with Crippen molar-refractivity contribution in [2.45, 2.75) is 47.1 Å². The van der Waals surface area contributed by atoms with E-state index in [1.54, 1.807) is 20.8 Å². The summed E-state index contributed by atoms with van der Waals surface area (Å²) in [6, 6.07) is 0. The molecule has 0 aromatic carbocycles. The normalized spacial score (nSPS) is 12.0. The predicted molar refractivity (Wildman–Crippen MR) is 83.3 cm³/mol. The smallest absolute Gasteiger partial charge is 0.307 e. The van der Waals surface area contributed by atoms with Crippen LogP contribution in [0.25, 0.3) is 0 Å². The van der Waals surface area contributed by atoms with E-state index in [1.165, 1.54) is 0 Å².